The molecule has 2 aromatic heterocycles. The number of nitriles is 1. The first kappa shape index (κ1) is 15.2. The molecule has 9 heteroatoms. The number of benzene rings is 1. The second-order valence-corrected chi connectivity index (χ2v) is 5.52. The van der Waals surface area contributed by atoms with Gasteiger partial charge in [0.1, 0.15) is 29.1 Å². The van der Waals surface area contributed by atoms with Gasteiger partial charge in [0.15, 0.2) is 5.65 Å². The summed E-state index contributed by atoms with van der Waals surface area (Å²) in [5.74, 6) is -3.07. The number of H-pyrrole nitrogens is 1. The van der Waals surface area contributed by atoms with Crippen LogP contribution >= 0.6 is 11.8 Å². The molecule has 0 unspecified atom stereocenters. The van der Waals surface area contributed by atoms with E-state index in [2.05, 4.69) is 10.1 Å². The molecule has 0 bridgehead atoms. The van der Waals surface area contributed by atoms with E-state index < -0.39 is 23.0 Å². The molecule has 0 radical (unpaired) electrons. The summed E-state index contributed by atoms with van der Waals surface area (Å²) in [7, 11) is 0. The number of fused-ring (bicyclic) bond motifs is 1. The van der Waals surface area contributed by atoms with Crippen molar-refractivity contribution in [3.8, 4) is 6.07 Å². The van der Waals surface area contributed by atoms with Gasteiger partial charge in [0.2, 0.25) is 0 Å². The van der Waals surface area contributed by atoms with Crippen LogP contribution in [0.1, 0.15) is 11.3 Å². The third-order valence-electron chi connectivity index (χ3n) is 3.00. The van der Waals surface area contributed by atoms with Crippen molar-refractivity contribution in [3.05, 3.63) is 63.5 Å². The molecule has 5 nitrogen and oxygen atoms in total. The normalized spacial score (nSPS) is 10.9. The van der Waals surface area contributed by atoms with Crippen LogP contribution in [0.3, 0.4) is 0 Å². The summed E-state index contributed by atoms with van der Waals surface area (Å²) in [6.45, 7) is 0. The van der Waals surface area contributed by atoms with Gasteiger partial charge in [0.25, 0.3) is 5.56 Å². The smallest absolute Gasteiger partial charge is 0.272 e. The van der Waals surface area contributed by atoms with Crippen molar-refractivity contribution in [1.82, 2.24) is 14.6 Å². The molecule has 0 aliphatic carbocycles. The van der Waals surface area contributed by atoms with Gasteiger partial charge in [-0.05, 0) is 0 Å². The molecule has 1 aromatic carbocycles. The molecule has 0 aliphatic rings. The number of halogens is 3. The third-order valence-corrected chi connectivity index (χ3v) is 4.12. The lowest BCUT2D eigenvalue weighted by molar-refractivity contribution is 0.510. The van der Waals surface area contributed by atoms with E-state index in [1.54, 1.807) is 0 Å². The van der Waals surface area contributed by atoms with Crippen LogP contribution in [0.25, 0.3) is 5.65 Å². The first-order valence-corrected chi connectivity index (χ1v) is 7.25. The standard InChI is InChI=1S/C14H7F3N4OS/c15-8-1-10(16)13(11(17)2-8)23-6-9-3-12(22)21-14(20-9)7(4-18)5-19-21/h1-3,5,19H,6H2. The molecule has 0 fully saturated rings. The van der Waals surface area contributed by atoms with Crippen LogP contribution in [-0.2, 0) is 5.75 Å². The fourth-order valence-corrected chi connectivity index (χ4v) is 2.83. The highest BCUT2D eigenvalue weighted by Gasteiger charge is 2.14. The third kappa shape index (κ3) is 2.80. The van der Waals surface area contributed by atoms with Crippen molar-refractivity contribution in [1.29, 1.82) is 5.26 Å². The molecule has 3 rings (SSSR count). The Morgan fingerprint density at radius 1 is 1.26 bits per heavy atom. The zero-order valence-electron chi connectivity index (χ0n) is 11.3. The van der Waals surface area contributed by atoms with Crippen LogP contribution in [0.15, 0.2) is 34.1 Å². The number of rotatable bonds is 3. The maximum Gasteiger partial charge on any atom is 0.272 e. The molecule has 1 N–H and O–H groups in total. The van der Waals surface area contributed by atoms with Crippen LogP contribution in [0.5, 0.6) is 0 Å². The van der Waals surface area contributed by atoms with E-state index in [0.717, 1.165) is 16.3 Å². The lowest BCUT2D eigenvalue weighted by Gasteiger charge is -2.05. The zero-order chi connectivity index (χ0) is 16.6. The summed E-state index contributed by atoms with van der Waals surface area (Å²) in [5.41, 5.74) is 0.107. The second-order valence-electron chi connectivity index (χ2n) is 4.53. The molecular formula is C14H7F3N4OS. The fraction of sp³-hybridized carbons (Fsp3) is 0.0714. The molecule has 0 saturated carbocycles. The molecule has 116 valence electrons. The molecule has 0 amide bonds. The minimum atomic E-state index is -1.02. The summed E-state index contributed by atoms with van der Waals surface area (Å²) >= 11 is 0.748. The van der Waals surface area contributed by atoms with E-state index in [1.165, 1.54) is 12.3 Å². The highest BCUT2D eigenvalue weighted by atomic mass is 32.2. The maximum absolute atomic E-state index is 13.6. The Morgan fingerprint density at radius 2 is 1.96 bits per heavy atom. The van der Waals surface area contributed by atoms with Crippen LogP contribution in [0.2, 0.25) is 0 Å². The van der Waals surface area contributed by atoms with Gasteiger partial charge in [0, 0.05) is 30.1 Å². The number of hydrogen-bond acceptors (Lipinski definition) is 4. The molecule has 0 aliphatic heterocycles. The Bertz CT molecular complexity index is 982. The van der Waals surface area contributed by atoms with Gasteiger partial charge in [0.05, 0.1) is 10.6 Å². The number of nitrogens with one attached hydrogen (secondary N) is 1. The van der Waals surface area contributed by atoms with E-state index in [4.69, 9.17) is 5.26 Å². The lowest BCUT2D eigenvalue weighted by atomic mass is 10.3. The van der Waals surface area contributed by atoms with Gasteiger partial charge in [-0.3, -0.25) is 9.89 Å². The van der Waals surface area contributed by atoms with Crippen molar-refractivity contribution in [2.75, 3.05) is 0 Å². The van der Waals surface area contributed by atoms with Crippen molar-refractivity contribution < 1.29 is 13.2 Å². The summed E-state index contributed by atoms with van der Waals surface area (Å²) in [5, 5.41) is 11.5. The van der Waals surface area contributed by atoms with Gasteiger partial charge in [-0.15, -0.1) is 11.8 Å². The van der Waals surface area contributed by atoms with Crippen molar-refractivity contribution in [2.24, 2.45) is 0 Å². The topological polar surface area (TPSA) is 73.9 Å². The Morgan fingerprint density at radius 3 is 2.61 bits per heavy atom. The summed E-state index contributed by atoms with van der Waals surface area (Å²) in [6, 6.07) is 4.23. The Hall–Kier alpha value is -2.73. The number of hydrogen-bond donors (Lipinski definition) is 1. The minimum absolute atomic E-state index is 0.0126. The minimum Gasteiger partial charge on any atom is -0.295 e. The van der Waals surface area contributed by atoms with Gasteiger partial charge in [-0.2, -0.15) is 5.26 Å². The van der Waals surface area contributed by atoms with E-state index in [1.807, 2.05) is 6.07 Å². The molecule has 0 spiro atoms. The fourth-order valence-electron chi connectivity index (χ4n) is 2.00. The second kappa shape index (κ2) is 5.81. The van der Waals surface area contributed by atoms with Gasteiger partial charge >= 0.3 is 0 Å². The lowest BCUT2D eigenvalue weighted by Crippen LogP contribution is -2.15. The highest BCUT2D eigenvalue weighted by molar-refractivity contribution is 7.98. The van der Waals surface area contributed by atoms with Crippen LogP contribution in [0.4, 0.5) is 13.2 Å². The zero-order valence-corrected chi connectivity index (χ0v) is 12.1. The molecule has 0 atom stereocenters. The Kier molecular flexibility index (Phi) is 3.83. The molecular weight excluding hydrogens is 329 g/mol. The average Bonchev–Trinajstić information content (AvgIpc) is 2.89. The Labute approximate surface area is 131 Å². The highest BCUT2D eigenvalue weighted by Crippen LogP contribution is 2.28. The number of aromatic amines is 1. The summed E-state index contributed by atoms with van der Waals surface area (Å²) in [4.78, 5) is 15.7. The Balaban J connectivity index is 1.94. The monoisotopic (exact) mass is 336 g/mol. The largest absolute Gasteiger partial charge is 0.295 e. The van der Waals surface area contributed by atoms with Crippen molar-refractivity contribution >= 4 is 17.4 Å². The van der Waals surface area contributed by atoms with Gasteiger partial charge < -0.3 is 0 Å². The van der Waals surface area contributed by atoms with E-state index in [9.17, 15) is 18.0 Å². The van der Waals surface area contributed by atoms with E-state index in [0.29, 0.717) is 12.1 Å². The molecule has 2 heterocycles. The number of thioether (sulfide) groups is 1. The molecule has 23 heavy (non-hydrogen) atoms. The van der Waals surface area contributed by atoms with Crippen LogP contribution < -0.4 is 5.56 Å². The van der Waals surface area contributed by atoms with E-state index >= 15 is 0 Å². The average molecular weight is 336 g/mol. The summed E-state index contributed by atoms with van der Waals surface area (Å²) < 4.78 is 41.1. The van der Waals surface area contributed by atoms with E-state index in [-0.39, 0.29) is 27.6 Å². The molecule has 0 saturated heterocycles. The predicted molar refractivity (Wildman–Crippen MR) is 76.4 cm³/mol. The van der Waals surface area contributed by atoms with Crippen molar-refractivity contribution in [3.63, 3.8) is 0 Å². The summed E-state index contributed by atoms with van der Waals surface area (Å²) in [6.07, 6.45) is 1.33. The first-order chi connectivity index (χ1) is 11.0. The van der Waals surface area contributed by atoms with Gasteiger partial charge in [-0.1, -0.05) is 0 Å². The number of nitrogens with zero attached hydrogens (tertiary/aromatic N) is 3. The van der Waals surface area contributed by atoms with Crippen molar-refractivity contribution in [2.45, 2.75) is 10.6 Å². The van der Waals surface area contributed by atoms with Crippen LogP contribution in [-0.4, -0.2) is 14.6 Å². The predicted octanol–water partition coefficient (Wildman–Crippen LogP) is 2.60. The SMILES string of the molecule is N#Cc1c[nH]n2c(=O)cc(CSc3c(F)cc(F)cc3F)nc12. The maximum atomic E-state index is 13.6. The van der Waals surface area contributed by atoms with Gasteiger partial charge in [-0.25, -0.2) is 22.7 Å². The first-order valence-electron chi connectivity index (χ1n) is 6.27. The van der Waals surface area contributed by atoms with Crippen LogP contribution in [0, 0.1) is 28.8 Å². The quantitative estimate of drug-likeness (QED) is 0.746. The number of aromatic nitrogens is 3. The molecule has 3 aromatic rings.